The van der Waals surface area contributed by atoms with Gasteiger partial charge in [-0.2, -0.15) is 11.8 Å². The van der Waals surface area contributed by atoms with E-state index in [9.17, 15) is 17.6 Å². The maximum Gasteiger partial charge on any atom is 0.234 e. The molecule has 4 nitrogen and oxygen atoms in total. The van der Waals surface area contributed by atoms with E-state index >= 15 is 0 Å². The lowest BCUT2D eigenvalue weighted by molar-refractivity contribution is -0.113. The van der Waals surface area contributed by atoms with E-state index in [2.05, 4.69) is 5.32 Å². The monoisotopic (exact) mass is 291 g/mol. The van der Waals surface area contributed by atoms with Gasteiger partial charge in [0.15, 0.2) is 0 Å². The fourth-order valence-electron chi connectivity index (χ4n) is 1.12. The first-order valence-corrected chi connectivity index (χ1v) is 8.40. The zero-order chi connectivity index (χ0) is 13.6. The van der Waals surface area contributed by atoms with Crippen molar-refractivity contribution in [3.63, 3.8) is 0 Å². The second-order valence-corrected chi connectivity index (χ2v) is 7.08. The van der Waals surface area contributed by atoms with Crippen LogP contribution in [0.3, 0.4) is 0 Å². The molecule has 1 aromatic rings. The van der Waals surface area contributed by atoms with Crippen LogP contribution in [-0.4, -0.2) is 37.8 Å². The molecule has 0 aliphatic heterocycles. The molecule has 0 bridgehead atoms. The number of rotatable bonds is 6. The quantitative estimate of drug-likeness (QED) is 0.808. The fourth-order valence-corrected chi connectivity index (χ4v) is 3.21. The molecule has 0 heterocycles. The first-order valence-electron chi connectivity index (χ1n) is 5.18. The molecule has 0 atom stereocenters. The van der Waals surface area contributed by atoms with Crippen molar-refractivity contribution in [2.75, 3.05) is 28.8 Å². The Labute approximate surface area is 110 Å². The Morgan fingerprint density at radius 3 is 2.67 bits per heavy atom. The zero-order valence-corrected chi connectivity index (χ0v) is 11.5. The molecule has 0 aliphatic carbocycles. The molecule has 0 radical (unpaired) electrons. The Balaban J connectivity index is 2.33. The minimum Gasteiger partial charge on any atom is -0.323 e. The van der Waals surface area contributed by atoms with Crippen LogP contribution in [0, 0.1) is 5.82 Å². The number of hydrogen-bond acceptors (Lipinski definition) is 4. The number of carbonyl (C=O) groups is 1. The van der Waals surface area contributed by atoms with Gasteiger partial charge in [0.1, 0.15) is 15.7 Å². The van der Waals surface area contributed by atoms with Crippen LogP contribution in [0.2, 0.25) is 0 Å². The maximum absolute atomic E-state index is 13.2. The Morgan fingerprint density at radius 2 is 2.06 bits per heavy atom. The molecule has 0 saturated heterocycles. The predicted molar refractivity (Wildman–Crippen MR) is 72.1 cm³/mol. The van der Waals surface area contributed by atoms with Crippen LogP contribution < -0.4 is 5.32 Å². The van der Waals surface area contributed by atoms with Crippen LogP contribution in [0.4, 0.5) is 10.1 Å². The van der Waals surface area contributed by atoms with E-state index < -0.39 is 15.7 Å². The van der Waals surface area contributed by atoms with Gasteiger partial charge >= 0.3 is 0 Å². The van der Waals surface area contributed by atoms with Crippen molar-refractivity contribution in [3.8, 4) is 0 Å². The first-order chi connectivity index (χ1) is 8.38. The number of sulfone groups is 1. The van der Waals surface area contributed by atoms with E-state index in [1.165, 1.54) is 30.0 Å². The Morgan fingerprint density at radius 1 is 1.39 bits per heavy atom. The Bertz CT molecular complexity index is 517. The molecule has 0 fully saturated rings. The molecule has 18 heavy (non-hydrogen) atoms. The van der Waals surface area contributed by atoms with Crippen molar-refractivity contribution in [2.24, 2.45) is 0 Å². The number of amides is 1. The molecule has 0 aromatic heterocycles. The molecule has 1 amide bonds. The molecule has 1 aromatic carbocycles. The molecule has 0 saturated carbocycles. The number of benzene rings is 1. The van der Waals surface area contributed by atoms with Gasteiger partial charge in [-0.3, -0.25) is 4.79 Å². The van der Waals surface area contributed by atoms with Crippen molar-refractivity contribution >= 4 is 33.2 Å². The van der Waals surface area contributed by atoms with E-state index in [1.807, 2.05) is 0 Å². The van der Waals surface area contributed by atoms with Gasteiger partial charge in [0.05, 0.1) is 17.2 Å². The number of nitrogens with one attached hydrogen (secondary N) is 1. The summed E-state index contributed by atoms with van der Waals surface area (Å²) in [6.07, 6.45) is 1.15. The van der Waals surface area contributed by atoms with Crippen molar-refractivity contribution in [1.82, 2.24) is 0 Å². The van der Waals surface area contributed by atoms with Gasteiger partial charge in [-0.25, -0.2) is 12.8 Å². The fraction of sp³-hybridized carbons (Fsp3) is 0.364. The van der Waals surface area contributed by atoms with Crippen LogP contribution in [-0.2, 0) is 14.6 Å². The highest BCUT2D eigenvalue weighted by molar-refractivity contribution is 8.01. The van der Waals surface area contributed by atoms with Crippen LogP contribution >= 0.6 is 11.8 Å². The number of thioether (sulfide) groups is 1. The SMILES string of the molecule is CS(=O)(=O)CCSCC(=O)Nc1ccccc1F. The van der Waals surface area contributed by atoms with Crippen LogP contribution in [0.15, 0.2) is 24.3 Å². The van der Waals surface area contributed by atoms with Crippen molar-refractivity contribution in [2.45, 2.75) is 0 Å². The number of anilines is 1. The summed E-state index contributed by atoms with van der Waals surface area (Å²) in [6, 6.07) is 5.88. The van der Waals surface area contributed by atoms with E-state index in [1.54, 1.807) is 6.07 Å². The molecule has 1 rings (SSSR count). The van der Waals surface area contributed by atoms with Gasteiger partial charge in [-0.15, -0.1) is 0 Å². The van der Waals surface area contributed by atoms with Crippen LogP contribution in [0.25, 0.3) is 0 Å². The van der Waals surface area contributed by atoms with E-state index in [4.69, 9.17) is 0 Å². The van der Waals surface area contributed by atoms with Crippen LogP contribution in [0.5, 0.6) is 0 Å². The summed E-state index contributed by atoms with van der Waals surface area (Å²) in [4.78, 5) is 11.4. The molecule has 0 unspecified atom stereocenters. The largest absolute Gasteiger partial charge is 0.323 e. The average molecular weight is 291 g/mol. The average Bonchev–Trinajstić information content (AvgIpc) is 2.26. The van der Waals surface area contributed by atoms with E-state index in [0.29, 0.717) is 5.75 Å². The van der Waals surface area contributed by atoms with E-state index in [0.717, 1.165) is 6.26 Å². The molecule has 100 valence electrons. The normalized spacial score (nSPS) is 11.2. The molecule has 7 heteroatoms. The molecule has 1 N–H and O–H groups in total. The zero-order valence-electron chi connectivity index (χ0n) is 9.85. The second kappa shape index (κ2) is 6.75. The molecule has 0 aliphatic rings. The topological polar surface area (TPSA) is 63.2 Å². The van der Waals surface area contributed by atoms with E-state index in [-0.39, 0.29) is 23.1 Å². The Hall–Kier alpha value is -1.08. The predicted octanol–water partition coefficient (Wildman–Crippen LogP) is 1.54. The highest BCUT2D eigenvalue weighted by Crippen LogP contribution is 2.13. The third kappa shape index (κ3) is 6.02. The minimum atomic E-state index is -3.00. The number of carbonyl (C=O) groups excluding carboxylic acids is 1. The molecular weight excluding hydrogens is 277 g/mol. The summed E-state index contributed by atoms with van der Waals surface area (Å²) >= 11 is 1.20. The lowest BCUT2D eigenvalue weighted by atomic mass is 10.3. The Kier molecular flexibility index (Phi) is 5.61. The standard InChI is InChI=1S/C11H14FNO3S2/c1-18(15,16)7-6-17-8-11(14)13-10-5-3-2-4-9(10)12/h2-5H,6-8H2,1H3,(H,13,14). The smallest absolute Gasteiger partial charge is 0.234 e. The van der Waals surface area contributed by atoms with Crippen molar-refractivity contribution < 1.29 is 17.6 Å². The second-order valence-electron chi connectivity index (χ2n) is 3.71. The van der Waals surface area contributed by atoms with Gasteiger partial charge in [-0.05, 0) is 12.1 Å². The maximum atomic E-state index is 13.2. The van der Waals surface area contributed by atoms with Crippen molar-refractivity contribution in [1.29, 1.82) is 0 Å². The highest BCUT2D eigenvalue weighted by Gasteiger charge is 2.07. The van der Waals surface area contributed by atoms with Gasteiger partial charge in [0.2, 0.25) is 5.91 Å². The molecular formula is C11H14FNO3S2. The van der Waals surface area contributed by atoms with Gasteiger partial charge in [0.25, 0.3) is 0 Å². The lowest BCUT2D eigenvalue weighted by Gasteiger charge is -2.05. The summed E-state index contributed by atoms with van der Waals surface area (Å²) in [5.74, 6) is -0.358. The third-order valence-electron chi connectivity index (χ3n) is 1.98. The summed E-state index contributed by atoms with van der Waals surface area (Å²) in [5, 5.41) is 2.42. The molecule has 0 spiro atoms. The van der Waals surface area contributed by atoms with Gasteiger partial charge < -0.3 is 5.32 Å². The van der Waals surface area contributed by atoms with Crippen LogP contribution in [0.1, 0.15) is 0 Å². The van der Waals surface area contributed by atoms with Gasteiger partial charge in [-0.1, -0.05) is 12.1 Å². The van der Waals surface area contributed by atoms with Crippen molar-refractivity contribution in [3.05, 3.63) is 30.1 Å². The summed E-state index contributed by atoms with van der Waals surface area (Å²) in [7, 11) is -3.00. The minimum absolute atomic E-state index is 0.0324. The van der Waals surface area contributed by atoms with Gasteiger partial charge in [0, 0.05) is 12.0 Å². The highest BCUT2D eigenvalue weighted by atomic mass is 32.2. The number of halogens is 1. The first kappa shape index (κ1) is 15.0. The summed E-state index contributed by atoms with van der Waals surface area (Å²) in [5.41, 5.74) is 0.131. The third-order valence-corrected chi connectivity index (χ3v) is 4.14. The summed E-state index contributed by atoms with van der Waals surface area (Å²) < 4.78 is 34.9. The number of hydrogen-bond donors (Lipinski definition) is 1. The lowest BCUT2D eigenvalue weighted by Crippen LogP contribution is -2.16. The summed E-state index contributed by atoms with van der Waals surface area (Å²) in [6.45, 7) is 0. The number of para-hydroxylation sites is 1.